The highest BCUT2D eigenvalue weighted by molar-refractivity contribution is 6.00. The third kappa shape index (κ3) is 2.40. The molecule has 0 aliphatic rings. The number of amides is 2. The van der Waals surface area contributed by atoms with E-state index in [0.717, 1.165) is 7.05 Å². The highest BCUT2D eigenvalue weighted by Gasteiger charge is 2.48. The molecule has 0 rings (SSSR count). The Bertz CT molecular complexity index is 201. The minimum absolute atomic E-state index is 0.990. The van der Waals surface area contributed by atoms with Crippen molar-refractivity contribution in [2.75, 3.05) is 7.05 Å². The molecule has 0 heterocycles. The van der Waals surface area contributed by atoms with Crippen LogP contribution in [0, 0.1) is 5.92 Å². The molecule has 0 fully saturated rings. The van der Waals surface area contributed by atoms with Gasteiger partial charge in [-0.15, -0.1) is 0 Å². The second kappa shape index (κ2) is 3.42. The number of hydrogen-bond acceptors (Lipinski definition) is 2. The molecule has 0 aromatic carbocycles. The maximum atomic E-state index is 11.8. The van der Waals surface area contributed by atoms with E-state index >= 15 is 0 Å². The molecule has 0 aromatic heterocycles. The minimum Gasteiger partial charge on any atom is -0.369 e. The lowest BCUT2D eigenvalue weighted by Gasteiger charge is -2.14. The SMILES string of the molecule is CNC(=O)C(C(N)=O)C(F)(F)F. The Morgan fingerprint density at radius 2 is 1.83 bits per heavy atom. The molecule has 2 amide bonds. The van der Waals surface area contributed by atoms with Gasteiger partial charge in [0.15, 0.2) is 0 Å². The lowest BCUT2D eigenvalue weighted by Crippen LogP contribution is -2.45. The number of halogens is 3. The van der Waals surface area contributed by atoms with Gasteiger partial charge in [-0.2, -0.15) is 13.2 Å². The molecule has 1 atom stereocenters. The fraction of sp³-hybridized carbons (Fsp3) is 0.600. The number of rotatable bonds is 2. The average Bonchev–Trinajstić information content (AvgIpc) is 1.83. The van der Waals surface area contributed by atoms with Gasteiger partial charge in [0, 0.05) is 7.05 Å². The Balaban J connectivity index is 4.68. The summed E-state index contributed by atoms with van der Waals surface area (Å²) in [6.45, 7) is 0. The molecule has 0 aliphatic heterocycles. The lowest BCUT2D eigenvalue weighted by molar-refractivity contribution is -0.185. The van der Waals surface area contributed by atoms with Crippen molar-refractivity contribution in [2.45, 2.75) is 6.18 Å². The first kappa shape index (κ1) is 10.7. The highest BCUT2D eigenvalue weighted by Crippen LogP contribution is 2.25. The predicted octanol–water partition coefficient (Wildman–Crippen LogP) is -0.604. The van der Waals surface area contributed by atoms with Gasteiger partial charge < -0.3 is 11.1 Å². The summed E-state index contributed by atoms with van der Waals surface area (Å²) in [6.07, 6.45) is -4.92. The first-order valence-corrected chi connectivity index (χ1v) is 2.88. The van der Waals surface area contributed by atoms with Crippen LogP contribution in [0.25, 0.3) is 0 Å². The van der Waals surface area contributed by atoms with Gasteiger partial charge in [-0.3, -0.25) is 9.59 Å². The van der Waals surface area contributed by atoms with Crippen molar-refractivity contribution in [3.63, 3.8) is 0 Å². The van der Waals surface area contributed by atoms with E-state index in [2.05, 4.69) is 5.73 Å². The maximum absolute atomic E-state index is 11.8. The fourth-order valence-corrected chi connectivity index (χ4v) is 0.583. The minimum atomic E-state index is -4.92. The third-order valence-corrected chi connectivity index (χ3v) is 1.12. The molecule has 0 aromatic rings. The van der Waals surface area contributed by atoms with E-state index in [9.17, 15) is 22.8 Å². The summed E-state index contributed by atoms with van der Waals surface area (Å²) in [5.74, 6) is -5.92. The zero-order valence-electron chi connectivity index (χ0n) is 6.11. The quantitative estimate of drug-likeness (QED) is 0.562. The zero-order valence-corrected chi connectivity index (χ0v) is 6.11. The van der Waals surface area contributed by atoms with E-state index in [1.54, 1.807) is 5.32 Å². The Labute approximate surface area is 65.9 Å². The van der Waals surface area contributed by atoms with E-state index < -0.39 is 23.9 Å². The summed E-state index contributed by atoms with van der Waals surface area (Å²) < 4.78 is 35.5. The van der Waals surface area contributed by atoms with Crippen molar-refractivity contribution < 1.29 is 22.8 Å². The van der Waals surface area contributed by atoms with E-state index in [0.29, 0.717) is 0 Å². The Hall–Kier alpha value is -1.27. The third-order valence-electron chi connectivity index (χ3n) is 1.12. The summed E-state index contributed by atoms with van der Waals surface area (Å²) in [5, 5.41) is 1.69. The molecule has 0 aliphatic carbocycles. The van der Waals surface area contributed by atoms with Crippen molar-refractivity contribution in [1.29, 1.82) is 0 Å². The van der Waals surface area contributed by atoms with Crippen LogP contribution in [0.5, 0.6) is 0 Å². The van der Waals surface area contributed by atoms with Crippen LogP contribution in [0.15, 0.2) is 0 Å². The van der Waals surface area contributed by atoms with Crippen molar-refractivity contribution in [3.8, 4) is 0 Å². The predicted molar refractivity (Wildman–Crippen MR) is 32.8 cm³/mol. The largest absolute Gasteiger partial charge is 0.409 e. The van der Waals surface area contributed by atoms with Gasteiger partial charge in [-0.1, -0.05) is 0 Å². The van der Waals surface area contributed by atoms with Crippen molar-refractivity contribution in [3.05, 3.63) is 0 Å². The summed E-state index contributed by atoms with van der Waals surface area (Å²) in [4.78, 5) is 20.7. The monoisotopic (exact) mass is 184 g/mol. The number of carbonyl (C=O) groups is 2. The Kier molecular flexibility index (Phi) is 3.06. The molecule has 3 N–H and O–H groups in total. The number of hydrogen-bond donors (Lipinski definition) is 2. The average molecular weight is 184 g/mol. The molecular weight excluding hydrogens is 177 g/mol. The van der Waals surface area contributed by atoms with Crippen LogP contribution in [-0.4, -0.2) is 25.0 Å². The topological polar surface area (TPSA) is 72.2 Å². The van der Waals surface area contributed by atoms with Gasteiger partial charge in [0.1, 0.15) is 0 Å². The van der Waals surface area contributed by atoms with E-state index in [-0.39, 0.29) is 0 Å². The van der Waals surface area contributed by atoms with Gasteiger partial charge in [0.05, 0.1) is 0 Å². The van der Waals surface area contributed by atoms with Gasteiger partial charge >= 0.3 is 6.18 Å². The summed E-state index contributed by atoms with van der Waals surface area (Å²) >= 11 is 0. The van der Waals surface area contributed by atoms with Crippen molar-refractivity contribution in [2.24, 2.45) is 11.7 Å². The van der Waals surface area contributed by atoms with E-state index in [1.807, 2.05) is 0 Å². The molecule has 12 heavy (non-hydrogen) atoms. The number of alkyl halides is 3. The number of nitrogens with two attached hydrogens (primary N) is 1. The first-order chi connectivity index (χ1) is 5.30. The number of primary amides is 1. The molecule has 0 radical (unpaired) electrons. The Morgan fingerprint density at radius 3 is 1.92 bits per heavy atom. The van der Waals surface area contributed by atoms with E-state index in [4.69, 9.17) is 0 Å². The van der Waals surface area contributed by atoms with Crippen LogP contribution in [-0.2, 0) is 9.59 Å². The summed E-state index contributed by atoms with van der Waals surface area (Å²) in [6, 6.07) is 0. The standard InChI is InChI=1S/C5H7F3N2O2/c1-10-4(12)2(3(9)11)5(6,7)8/h2H,1H3,(H2,9,11)(H,10,12). The molecule has 7 heteroatoms. The van der Waals surface area contributed by atoms with Crippen LogP contribution in [0.4, 0.5) is 13.2 Å². The van der Waals surface area contributed by atoms with Crippen LogP contribution >= 0.6 is 0 Å². The molecule has 1 unspecified atom stereocenters. The second-order valence-electron chi connectivity index (χ2n) is 1.99. The number of carbonyl (C=O) groups excluding carboxylic acids is 2. The molecule has 4 nitrogen and oxygen atoms in total. The van der Waals surface area contributed by atoms with Gasteiger partial charge in [0.25, 0.3) is 0 Å². The van der Waals surface area contributed by atoms with Gasteiger partial charge in [0.2, 0.25) is 17.7 Å². The second-order valence-corrected chi connectivity index (χ2v) is 1.99. The first-order valence-electron chi connectivity index (χ1n) is 2.88. The molecule has 0 saturated heterocycles. The molecule has 0 bridgehead atoms. The van der Waals surface area contributed by atoms with E-state index in [1.165, 1.54) is 0 Å². The van der Waals surface area contributed by atoms with Crippen molar-refractivity contribution in [1.82, 2.24) is 5.32 Å². The molecule has 0 saturated carbocycles. The molecular formula is C5H7F3N2O2. The summed E-state index contributed by atoms with van der Waals surface area (Å²) in [7, 11) is 0.990. The molecule has 70 valence electrons. The molecule has 0 spiro atoms. The van der Waals surface area contributed by atoms with Crippen LogP contribution in [0.2, 0.25) is 0 Å². The fourth-order valence-electron chi connectivity index (χ4n) is 0.583. The summed E-state index contributed by atoms with van der Waals surface area (Å²) in [5.41, 5.74) is 4.38. The van der Waals surface area contributed by atoms with Gasteiger partial charge in [-0.25, -0.2) is 0 Å². The smallest absolute Gasteiger partial charge is 0.369 e. The number of nitrogens with one attached hydrogen (secondary N) is 1. The maximum Gasteiger partial charge on any atom is 0.409 e. The van der Waals surface area contributed by atoms with Crippen LogP contribution < -0.4 is 11.1 Å². The zero-order chi connectivity index (χ0) is 9.94. The lowest BCUT2D eigenvalue weighted by atomic mass is 10.1. The highest BCUT2D eigenvalue weighted by atomic mass is 19.4. The van der Waals surface area contributed by atoms with Crippen LogP contribution in [0.1, 0.15) is 0 Å². The Morgan fingerprint density at radius 1 is 1.42 bits per heavy atom. The van der Waals surface area contributed by atoms with Gasteiger partial charge in [-0.05, 0) is 0 Å². The van der Waals surface area contributed by atoms with Crippen molar-refractivity contribution >= 4 is 11.8 Å². The van der Waals surface area contributed by atoms with Crippen LogP contribution in [0.3, 0.4) is 0 Å². The normalized spacial score (nSPS) is 13.7.